The van der Waals surface area contributed by atoms with Crippen LogP contribution >= 0.6 is 0 Å². The Balaban J connectivity index is 1.94. The molecule has 1 aromatic heterocycles. The minimum atomic E-state index is -0.432. The predicted molar refractivity (Wildman–Crippen MR) is 107 cm³/mol. The molecule has 0 spiro atoms. The third-order valence-electron chi connectivity index (χ3n) is 4.63. The smallest absolute Gasteiger partial charge is 0.306 e. The van der Waals surface area contributed by atoms with Gasteiger partial charge in [0.15, 0.2) is 18.1 Å². The summed E-state index contributed by atoms with van der Waals surface area (Å²) in [7, 11) is 3.12. The fourth-order valence-electron chi connectivity index (χ4n) is 3.18. The molecule has 6 nitrogen and oxygen atoms in total. The number of ether oxygens (including phenoxy) is 3. The Morgan fingerprint density at radius 1 is 1.18 bits per heavy atom. The predicted octanol–water partition coefficient (Wildman–Crippen LogP) is 3.67. The van der Waals surface area contributed by atoms with E-state index in [0.29, 0.717) is 30.0 Å². The summed E-state index contributed by atoms with van der Waals surface area (Å²) >= 11 is 0. The highest BCUT2D eigenvalue weighted by molar-refractivity contribution is 5.99. The van der Waals surface area contributed by atoms with Gasteiger partial charge in [0.1, 0.15) is 0 Å². The quantitative estimate of drug-likeness (QED) is 0.355. The fraction of sp³-hybridized carbons (Fsp3) is 0.364. The van der Waals surface area contributed by atoms with Crippen molar-refractivity contribution in [3.63, 3.8) is 0 Å². The highest BCUT2D eigenvalue weighted by Crippen LogP contribution is 2.31. The second kappa shape index (κ2) is 9.78. The van der Waals surface area contributed by atoms with Crippen LogP contribution < -0.4 is 9.47 Å². The van der Waals surface area contributed by atoms with Crippen LogP contribution in [0.15, 0.2) is 36.9 Å². The third kappa shape index (κ3) is 4.82. The number of hydrogen-bond acceptors (Lipinski definition) is 5. The molecule has 0 amide bonds. The average molecular weight is 385 g/mol. The van der Waals surface area contributed by atoms with Gasteiger partial charge in [-0.2, -0.15) is 0 Å². The molecule has 0 saturated heterocycles. The molecule has 0 aliphatic rings. The Kier molecular flexibility index (Phi) is 7.44. The molecule has 1 aromatic carbocycles. The molecule has 0 fully saturated rings. The van der Waals surface area contributed by atoms with Crippen molar-refractivity contribution in [2.45, 2.75) is 33.2 Å². The van der Waals surface area contributed by atoms with E-state index in [1.807, 2.05) is 36.6 Å². The minimum Gasteiger partial charge on any atom is -0.493 e. The van der Waals surface area contributed by atoms with Crippen LogP contribution in [0.4, 0.5) is 0 Å². The molecule has 0 bridgehead atoms. The lowest BCUT2D eigenvalue weighted by Gasteiger charge is -2.12. The van der Waals surface area contributed by atoms with Gasteiger partial charge in [0.25, 0.3) is 0 Å². The van der Waals surface area contributed by atoms with Gasteiger partial charge in [-0.3, -0.25) is 9.59 Å². The monoisotopic (exact) mass is 385 g/mol. The molecule has 2 rings (SSSR count). The molecule has 1 heterocycles. The number of para-hydroxylation sites is 1. The molecule has 0 atom stereocenters. The number of allylic oxidation sites excluding steroid dienone is 1. The van der Waals surface area contributed by atoms with Gasteiger partial charge in [0.05, 0.1) is 14.2 Å². The first-order valence-electron chi connectivity index (χ1n) is 9.09. The van der Waals surface area contributed by atoms with E-state index in [0.717, 1.165) is 17.0 Å². The molecule has 150 valence electrons. The van der Waals surface area contributed by atoms with Crippen molar-refractivity contribution in [2.24, 2.45) is 0 Å². The lowest BCUT2D eigenvalue weighted by atomic mass is 10.1. The molecule has 0 radical (unpaired) electrons. The topological polar surface area (TPSA) is 66.8 Å². The second-order valence-electron chi connectivity index (χ2n) is 6.42. The molecular formula is C22H27NO5. The van der Waals surface area contributed by atoms with Crippen LogP contribution in [0.5, 0.6) is 11.5 Å². The average Bonchev–Trinajstić information content (AvgIpc) is 2.98. The number of rotatable bonds is 10. The summed E-state index contributed by atoms with van der Waals surface area (Å²) < 4.78 is 17.8. The van der Waals surface area contributed by atoms with E-state index in [1.54, 1.807) is 26.4 Å². The number of carbonyl (C=O) groups is 2. The van der Waals surface area contributed by atoms with Crippen LogP contribution in [-0.2, 0) is 22.5 Å². The number of methoxy groups -OCH3 is 2. The zero-order valence-corrected chi connectivity index (χ0v) is 16.9. The van der Waals surface area contributed by atoms with Gasteiger partial charge in [0, 0.05) is 29.9 Å². The van der Waals surface area contributed by atoms with Gasteiger partial charge in [-0.05, 0) is 38.0 Å². The Bertz CT molecular complexity index is 866. The van der Waals surface area contributed by atoms with E-state index >= 15 is 0 Å². The lowest BCUT2D eigenvalue weighted by Crippen LogP contribution is -2.15. The van der Waals surface area contributed by atoms with Crippen LogP contribution in [0, 0.1) is 13.8 Å². The van der Waals surface area contributed by atoms with Gasteiger partial charge < -0.3 is 18.8 Å². The van der Waals surface area contributed by atoms with E-state index in [4.69, 9.17) is 14.2 Å². The molecule has 6 heteroatoms. The van der Waals surface area contributed by atoms with Gasteiger partial charge >= 0.3 is 5.97 Å². The summed E-state index contributed by atoms with van der Waals surface area (Å²) in [4.78, 5) is 24.5. The van der Waals surface area contributed by atoms with Gasteiger partial charge in [-0.1, -0.05) is 18.2 Å². The zero-order chi connectivity index (χ0) is 20.7. The molecule has 2 aromatic rings. The van der Waals surface area contributed by atoms with Crippen molar-refractivity contribution in [1.82, 2.24) is 4.57 Å². The molecule has 0 saturated carbocycles. The highest BCUT2D eigenvalue weighted by Gasteiger charge is 2.17. The van der Waals surface area contributed by atoms with Crippen molar-refractivity contribution in [3.8, 4) is 11.5 Å². The Hall–Kier alpha value is -3.02. The number of hydrogen-bond donors (Lipinski definition) is 0. The number of Topliss-reactive ketones (excluding diaryl/α,β-unsaturated/α-hetero) is 1. The van der Waals surface area contributed by atoms with Crippen molar-refractivity contribution >= 4 is 11.8 Å². The zero-order valence-electron chi connectivity index (χ0n) is 16.9. The maximum atomic E-state index is 12.4. The van der Waals surface area contributed by atoms with Crippen LogP contribution in [0.2, 0.25) is 0 Å². The Morgan fingerprint density at radius 2 is 1.93 bits per heavy atom. The molecule has 0 unspecified atom stereocenters. The molecule has 0 aliphatic carbocycles. The first-order chi connectivity index (χ1) is 13.4. The first kappa shape index (κ1) is 21.3. The summed E-state index contributed by atoms with van der Waals surface area (Å²) in [6.07, 6.45) is 2.36. The van der Waals surface area contributed by atoms with Gasteiger partial charge in [-0.15, -0.1) is 6.58 Å². The van der Waals surface area contributed by atoms with E-state index in [9.17, 15) is 9.59 Å². The Morgan fingerprint density at radius 3 is 2.57 bits per heavy atom. The van der Waals surface area contributed by atoms with E-state index in [1.165, 1.54) is 0 Å². The van der Waals surface area contributed by atoms with Crippen LogP contribution in [0.3, 0.4) is 0 Å². The van der Waals surface area contributed by atoms with E-state index in [2.05, 4.69) is 6.58 Å². The number of aromatic nitrogens is 1. The first-order valence-corrected chi connectivity index (χ1v) is 9.09. The van der Waals surface area contributed by atoms with E-state index in [-0.39, 0.29) is 18.8 Å². The number of esters is 1. The van der Waals surface area contributed by atoms with Crippen LogP contribution in [0.25, 0.3) is 0 Å². The summed E-state index contributed by atoms with van der Waals surface area (Å²) in [5.41, 5.74) is 3.23. The standard InChI is InChI=1S/C22H27NO5/c1-6-12-23-15(2)13-18(16(23)3)19(24)14-28-21(25)11-10-17-8-7-9-20(26-4)22(17)27-5/h6-9,13H,1,10-12,14H2,2-5H3. The van der Waals surface area contributed by atoms with E-state index < -0.39 is 5.97 Å². The summed E-state index contributed by atoms with van der Waals surface area (Å²) in [6, 6.07) is 7.32. The molecule has 0 N–H and O–H groups in total. The minimum absolute atomic E-state index is 0.145. The molecule has 0 aliphatic heterocycles. The maximum absolute atomic E-state index is 12.4. The normalized spacial score (nSPS) is 10.4. The number of benzene rings is 1. The van der Waals surface area contributed by atoms with Crippen LogP contribution in [-0.4, -0.2) is 37.1 Å². The van der Waals surface area contributed by atoms with Crippen molar-refractivity contribution in [3.05, 3.63) is 59.4 Å². The third-order valence-corrected chi connectivity index (χ3v) is 4.63. The number of nitrogens with zero attached hydrogens (tertiary/aromatic N) is 1. The molecular weight excluding hydrogens is 358 g/mol. The van der Waals surface area contributed by atoms with Crippen molar-refractivity contribution < 1.29 is 23.8 Å². The summed E-state index contributed by atoms with van der Waals surface area (Å²) in [5, 5.41) is 0. The highest BCUT2D eigenvalue weighted by atomic mass is 16.5. The van der Waals surface area contributed by atoms with Gasteiger partial charge in [-0.25, -0.2) is 0 Å². The SMILES string of the molecule is C=CCn1c(C)cc(C(=O)COC(=O)CCc2cccc(OC)c2OC)c1C. The summed E-state index contributed by atoms with van der Waals surface area (Å²) in [5.74, 6) is 0.566. The van der Waals surface area contributed by atoms with Crippen molar-refractivity contribution in [1.29, 1.82) is 0 Å². The maximum Gasteiger partial charge on any atom is 0.306 e. The fourth-order valence-corrected chi connectivity index (χ4v) is 3.18. The Labute approximate surface area is 165 Å². The summed E-state index contributed by atoms with van der Waals surface area (Å²) in [6.45, 7) is 7.90. The largest absolute Gasteiger partial charge is 0.493 e. The number of carbonyl (C=O) groups excluding carboxylic acids is 2. The van der Waals surface area contributed by atoms with Crippen molar-refractivity contribution in [2.75, 3.05) is 20.8 Å². The molecule has 28 heavy (non-hydrogen) atoms. The lowest BCUT2D eigenvalue weighted by molar-refractivity contribution is -0.142. The number of aryl methyl sites for hydroxylation is 2. The van der Waals surface area contributed by atoms with Gasteiger partial charge in [0.2, 0.25) is 5.78 Å². The number of ketones is 1. The second-order valence-corrected chi connectivity index (χ2v) is 6.42. The van der Waals surface area contributed by atoms with Crippen LogP contribution in [0.1, 0.15) is 33.7 Å².